The number of aryl methyl sites for hydroxylation is 2. The summed E-state index contributed by atoms with van der Waals surface area (Å²) >= 11 is 0. The molecule has 0 unspecified atom stereocenters. The first-order valence-electron chi connectivity index (χ1n) is 7.49. The Hall–Kier alpha value is -2.01. The molecule has 3 rings (SSSR count). The van der Waals surface area contributed by atoms with Crippen molar-refractivity contribution in [2.75, 3.05) is 11.9 Å². The van der Waals surface area contributed by atoms with Crippen LogP contribution in [0.1, 0.15) is 42.3 Å². The van der Waals surface area contributed by atoms with Gasteiger partial charge in [-0.15, -0.1) is 0 Å². The SMILES string of the molecule is Cc1cc(C)nc(Nc2ccc([C@H]3CCCCN3)cn2)n1. The van der Waals surface area contributed by atoms with E-state index in [1.807, 2.05) is 32.2 Å². The van der Waals surface area contributed by atoms with Crippen molar-refractivity contribution in [2.45, 2.75) is 39.2 Å². The standard InChI is InChI=1S/C16H21N5/c1-11-9-12(2)20-16(19-11)21-15-7-6-13(10-18-15)14-5-3-4-8-17-14/h6-7,9-10,14,17H,3-5,8H2,1-2H3,(H,18,19,20,21)/t14-/m1/s1. The second-order valence-electron chi connectivity index (χ2n) is 5.58. The van der Waals surface area contributed by atoms with Crippen LogP contribution in [-0.2, 0) is 0 Å². The highest BCUT2D eigenvalue weighted by Gasteiger charge is 2.14. The van der Waals surface area contributed by atoms with Gasteiger partial charge in [0.25, 0.3) is 0 Å². The molecule has 0 spiro atoms. The second kappa shape index (κ2) is 6.18. The summed E-state index contributed by atoms with van der Waals surface area (Å²) < 4.78 is 0. The smallest absolute Gasteiger partial charge is 0.228 e. The number of pyridine rings is 1. The minimum Gasteiger partial charge on any atom is -0.310 e. The molecule has 1 fully saturated rings. The van der Waals surface area contributed by atoms with E-state index in [0.717, 1.165) is 23.8 Å². The van der Waals surface area contributed by atoms with Crippen LogP contribution in [0.2, 0.25) is 0 Å². The maximum atomic E-state index is 4.48. The Morgan fingerprint density at radius 3 is 2.57 bits per heavy atom. The zero-order valence-electron chi connectivity index (χ0n) is 12.6. The molecule has 1 aliphatic heterocycles. The van der Waals surface area contributed by atoms with Crippen molar-refractivity contribution >= 4 is 11.8 Å². The Morgan fingerprint density at radius 2 is 1.95 bits per heavy atom. The summed E-state index contributed by atoms with van der Waals surface area (Å²) in [6.07, 6.45) is 5.68. The van der Waals surface area contributed by atoms with E-state index in [-0.39, 0.29) is 0 Å². The third-order valence-corrected chi connectivity index (χ3v) is 3.72. The summed E-state index contributed by atoms with van der Waals surface area (Å²) in [4.78, 5) is 13.2. The van der Waals surface area contributed by atoms with Gasteiger partial charge >= 0.3 is 0 Å². The molecule has 1 saturated heterocycles. The van der Waals surface area contributed by atoms with E-state index in [0.29, 0.717) is 12.0 Å². The van der Waals surface area contributed by atoms with Gasteiger partial charge in [0.05, 0.1) is 0 Å². The van der Waals surface area contributed by atoms with Crippen LogP contribution >= 0.6 is 0 Å². The molecule has 0 aliphatic carbocycles. The van der Waals surface area contributed by atoms with Crippen LogP contribution in [0.15, 0.2) is 24.4 Å². The molecule has 5 heteroatoms. The second-order valence-corrected chi connectivity index (χ2v) is 5.58. The van der Waals surface area contributed by atoms with E-state index < -0.39 is 0 Å². The maximum absolute atomic E-state index is 4.48. The van der Waals surface area contributed by atoms with Crippen molar-refractivity contribution < 1.29 is 0 Å². The van der Waals surface area contributed by atoms with Crippen molar-refractivity contribution in [1.82, 2.24) is 20.3 Å². The summed E-state index contributed by atoms with van der Waals surface area (Å²) in [6.45, 7) is 5.03. The summed E-state index contributed by atoms with van der Waals surface area (Å²) in [5.74, 6) is 1.38. The molecule has 2 aromatic rings. The largest absolute Gasteiger partial charge is 0.310 e. The molecule has 2 aromatic heterocycles. The topological polar surface area (TPSA) is 62.7 Å². The zero-order chi connectivity index (χ0) is 14.7. The quantitative estimate of drug-likeness (QED) is 0.906. The van der Waals surface area contributed by atoms with Gasteiger partial charge in [0.15, 0.2) is 0 Å². The molecule has 0 radical (unpaired) electrons. The van der Waals surface area contributed by atoms with E-state index in [1.165, 1.54) is 24.8 Å². The molecule has 1 aliphatic rings. The molecule has 3 heterocycles. The third-order valence-electron chi connectivity index (χ3n) is 3.72. The first kappa shape index (κ1) is 13.9. The monoisotopic (exact) mass is 283 g/mol. The van der Waals surface area contributed by atoms with Gasteiger partial charge < -0.3 is 10.6 Å². The van der Waals surface area contributed by atoms with Crippen LogP contribution in [0, 0.1) is 13.8 Å². The van der Waals surface area contributed by atoms with E-state index in [9.17, 15) is 0 Å². The Morgan fingerprint density at radius 1 is 1.14 bits per heavy atom. The third kappa shape index (κ3) is 3.55. The molecule has 0 aromatic carbocycles. The summed E-state index contributed by atoms with van der Waals surface area (Å²) in [7, 11) is 0. The lowest BCUT2D eigenvalue weighted by Crippen LogP contribution is -2.26. The number of anilines is 2. The number of nitrogens with zero attached hydrogens (tertiary/aromatic N) is 3. The van der Waals surface area contributed by atoms with Crippen LogP contribution in [0.3, 0.4) is 0 Å². The highest BCUT2D eigenvalue weighted by Crippen LogP contribution is 2.23. The van der Waals surface area contributed by atoms with Crippen LogP contribution < -0.4 is 10.6 Å². The van der Waals surface area contributed by atoms with Gasteiger partial charge in [0, 0.05) is 23.6 Å². The number of hydrogen-bond donors (Lipinski definition) is 2. The fourth-order valence-corrected chi connectivity index (χ4v) is 2.72. The van der Waals surface area contributed by atoms with E-state index in [2.05, 4.69) is 31.7 Å². The minimum absolute atomic E-state index is 0.442. The average molecular weight is 283 g/mol. The summed E-state index contributed by atoms with van der Waals surface area (Å²) in [6, 6.07) is 6.52. The lowest BCUT2D eigenvalue weighted by molar-refractivity contribution is 0.411. The number of rotatable bonds is 3. The predicted molar refractivity (Wildman–Crippen MR) is 83.6 cm³/mol. The van der Waals surface area contributed by atoms with Gasteiger partial charge in [0.2, 0.25) is 5.95 Å². The van der Waals surface area contributed by atoms with Gasteiger partial charge in [-0.1, -0.05) is 12.5 Å². The molecule has 0 bridgehead atoms. The van der Waals surface area contributed by atoms with Gasteiger partial charge in [-0.2, -0.15) is 0 Å². The van der Waals surface area contributed by atoms with Crippen molar-refractivity contribution in [3.8, 4) is 0 Å². The lowest BCUT2D eigenvalue weighted by atomic mass is 9.99. The maximum Gasteiger partial charge on any atom is 0.228 e. The van der Waals surface area contributed by atoms with Crippen LogP contribution in [0.5, 0.6) is 0 Å². The Bertz CT molecular complexity index is 582. The van der Waals surface area contributed by atoms with Crippen molar-refractivity contribution in [3.05, 3.63) is 41.3 Å². The minimum atomic E-state index is 0.442. The van der Waals surface area contributed by atoms with E-state index in [1.54, 1.807) is 0 Å². The van der Waals surface area contributed by atoms with Crippen LogP contribution in [-0.4, -0.2) is 21.5 Å². The number of piperidine rings is 1. The first-order valence-corrected chi connectivity index (χ1v) is 7.49. The summed E-state index contributed by atoms with van der Waals surface area (Å²) in [5.41, 5.74) is 3.16. The van der Waals surface area contributed by atoms with Gasteiger partial charge in [-0.3, -0.25) is 0 Å². The molecule has 110 valence electrons. The Balaban J connectivity index is 1.71. The number of hydrogen-bond acceptors (Lipinski definition) is 5. The fourth-order valence-electron chi connectivity index (χ4n) is 2.72. The molecule has 2 N–H and O–H groups in total. The first-order chi connectivity index (χ1) is 10.2. The Kier molecular flexibility index (Phi) is 4.10. The molecule has 0 amide bonds. The van der Waals surface area contributed by atoms with Crippen molar-refractivity contribution in [1.29, 1.82) is 0 Å². The van der Waals surface area contributed by atoms with Crippen molar-refractivity contribution in [3.63, 3.8) is 0 Å². The van der Waals surface area contributed by atoms with Crippen molar-refractivity contribution in [2.24, 2.45) is 0 Å². The van der Waals surface area contributed by atoms with Crippen LogP contribution in [0.25, 0.3) is 0 Å². The molecule has 1 atom stereocenters. The highest BCUT2D eigenvalue weighted by molar-refractivity contribution is 5.48. The summed E-state index contributed by atoms with van der Waals surface area (Å²) in [5, 5.41) is 6.70. The zero-order valence-corrected chi connectivity index (χ0v) is 12.6. The normalized spacial score (nSPS) is 18.5. The molecule has 0 saturated carbocycles. The fraction of sp³-hybridized carbons (Fsp3) is 0.438. The van der Waals surface area contributed by atoms with E-state index in [4.69, 9.17) is 0 Å². The number of nitrogens with one attached hydrogen (secondary N) is 2. The molecular weight excluding hydrogens is 262 g/mol. The molecular formula is C16H21N5. The van der Waals surface area contributed by atoms with Gasteiger partial charge in [0.1, 0.15) is 5.82 Å². The Labute approximate surface area is 125 Å². The van der Waals surface area contributed by atoms with Gasteiger partial charge in [-0.25, -0.2) is 15.0 Å². The lowest BCUT2D eigenvalue weighted by Gasteiger charge is -2.23. The average Bonchev–Trinajstić information content (AvgIpc) is 2.48. The molecule has 21 heavy (non-hydrogen) atoms. The number of aromatic nitrogens is 3. The van der Waals surface area contributed by atoms with Crippen LogP contribution in [0.4, 0.5) is 11.8 Å². The molecule has 5 nitrogen and oxygen atoms in total. The van der Waals surface area contributed by atoms with E-state index >= 15 is 0 Å². The van der Waals surface area contributed by atoms with Gasteiger partial charge in [-0.05, 0) is 50.9 Å². The highest BCUT2D eigenvalue weighted by atomic mass is 15.1. The predicted octanol–water partition coefficient (Wildman–Crippen LogP) is 3.05.